The molecule has 4 aromatic rings. The molecular weight excluding hydrogens is 462 g/mol. The Morgan fingerprint density at radius 1 is 0.943 bits per heavy atom. The van der Waals surface area contributed by atoms with Crippen LogP contribution in [0, 0.1) is 0 Å². The van der Waals surface area contributed by atoms with E-state index in [0.29, 0.717) is 36.6 Å². The predicted molar refractivity (Wildman–Crippen MR) is 133 cm³/mol. The van der Waals surface area contributed by atoms with Crippen molar-refractivity contribution in [3.05, 3.63) is 96.4 Å². The normalized spacial score (nSPS) is 14.2. The lowest BCUT2D eigenvalue weighted by atomic mass is 10.1. The van der Waals surface area contributed by atoms with Crippen LogP contribution in [0.1, 0.15) is 28.8 Å². The first kappa shape index (κ1) is 22.9. The maximum Gasteiger partial charge on any atom is 0.259 e. The van der Waals surface area contributed by atoms with E-state index in [9.17, 15) is 13.2 Å². The molecule has 178 valence electrons. The molecule has 2 aromatic heterocycles. The Balaban J connectivity index is 1.39. The van der Waals surface area contributed by atoms with E-state index in [1.165, 1.54) is 16.4 Å². The van der Waals surface area contributed by atoms with Gasteiger partial charge in [-0.25, -0.2) is 8.42 Å². The van der Waals surface area contributed by atoms with Crippen molar-refractivity contribution in [2.24, 2.45) is 0 Å². The van der Waals surface area contributed by atoms with Gasteiger partial charge in [0.15, 0.2) is 0 Å². The highest BCUT2D eigenvalue weighted by atomic mass is 32.2. The summed E-state index contributed by atoms with van der Waals surface area (Å²) in [6.45, 7) is 1.61. The SMILES string of the molecule is O=C(Nc1ccc(S(=O)(=O)N2CCCC2)cc1)c1cn(Cc2ccccc2)nc1-c1cccnc1. The van der Waals surface area contributed by atoms with Crippen LogP contribution in [0.2, 0.25) is 0 Å². The van der Waals surface area contributed by atoms with Crippen LogP contribution in [0.4, 0.5) is 5.69 Å². The highest BCUT2D eigenvalue weighted by Gasteiger charge is 2.27. The van der Waals surface area contributed by atoms with Gasteiger partial charge in [0.05, 0.1) is 17.0 Å². The highest BCUT2D eigenvalue weighted by Crippen LogP contribution is 2.25. The van der Waals surface area contributed by atoms with Crippen molar-refractivity contribution in [1.82, 2.24) is 19.1 Å². The summed E-state index contributed by atoms with van der Waals surface area (Å²) in [6, 6.07) is 19.8. The van der Waals surface area contributed by atoms with Crippen LogP contribution < -0.4 is 5.32 Å². The number of rotatable bonds is 7. The van der Waals surface area contributed by atoms with E-state index in [4.69, 9.17) is 0 Å². The molecule has 9 heteroatoms. The summed E-state index contributed by atoms with van der Waals surface area (Å²) in [6.07, 6.45) is 6.82. The summed E-state index contributed by atoms with van der Waals surface area (Å²) < 4.78 is 28.8. The quantitative estimate of drug-likeness (QED) is 0.425. The number of hydrogen-bond acceptors (Lipinski definition) is 5. The fraction of sp³-hybridized carbons (Fsp3) is 0.192. The molecule has 0 radical (unpaired) electrons. The van der Waals surface area contributed by atoms with E-state index in [2.05, 4.69) is 15.4 Å². The lowest BCUT2D eigenvalue weighted by Crippen LogP contribution is -2.27. The minimum atomic E-state index is -3.50. The van der Waals surface area contributed by atoms with Gasteiger partial charge in [-0.1, -0.05) is 30.3 Å². The van der Waals surface area contributed by atoms with Gasteiger partial charge in [0.1, 0.15) is 5.69 Å². The van der Waals surface area contributed by atoms with Gasteiger partial charge >= 0.3 is 0 Å². The summed E-state index contributed by atoms with van der Waals surface area (Å²) in [4.78, 5) is 17.6. The maximum atomic E-state index is 13.3. The fourth-order valence-corrected chi connectivity index (χ4v) is 5.66. The van der Waals surface area contributed by atoms with Crippen LogP contribution in [0.25, 0.3) is 11.3 Å². The van der Waals surface area contributed by atoms with E-state index in [-0.39, 0.29) is 10.8 Å². The molecule has 0 saturated carbocycles. The van der Waals surface area contributed by atoms with Crippen molar-refractivity contribution in [2.75, 3.05) is 18.4 Å². The first-order valence-corrected chi connectivity index (χ1v) is 12.9. The molecule has 1 saturated heterocycles. The molecule has 1 aliphatic heterocycles. The first-order chi connectivity index (χ1) is 17.0. The number of hydrogen-bond donors (Lipinski definition) is 1. The van der Waals surface area contributed by atoms with Crippen molar-refractivity contribution in [2.45, 2.75) is 24.3 Å². The summed E-state index contributed by atoms with van der Waals surface area (Å²) in [5, 5.41) is 7.53. The molecule has 8 nitrogen and oxygen atoms in total. The van der Waals surface area contributed by atoms with E-state index < -0.39 is 10.0 Å². The topological polar surface area (TPSA) is 97.2 Å². The molecule has 0 bridgehead atoms. The average molecular weight is 488 g/mol. The Labute approximate surface area is 204 Å². The van der Waals surface area contributed by atoms with Crippen LogP contribution >= 0.6 is 0 Å². The molecular formula is C26H25N5O3S. The van der Waals surface area contributed by atoms with Gasteiger partial charge in [0, 0.05) is 42.9 Å². The van der Waals surface area contributed by atoms with E-state index >= 15 is 0 Å². The maximum absolute atomic E-state index is 13.3. The Hall–Kier alpha value is -3.82. The van der Waals surface area contributed by atoms with E-state index in [1.54, 1.807) is 41.5 Å². The number of carbonyl (C=O) groups is 1. The van der Waals surface area contributed by atoms with Gasteiger partial charge in [-0.2, -0.15) is 9.40 Å². The van der Waals surface area contributed by atoms with Crippen LogP contribution in [0.3, 0.4) is 0 Å². The van der Waals surface area contributed by atoms with Crippen LogP contribution in [0.15, 0.2) is 90.2 Å². The number of nitrogens with one attached hydrogen (secondary N) is 1. The Bertz CT molecular complexity index is 1410. The highest BCUT2D eigenvalue weighted by molar-refractivity contribution is 7.89. The molecule has 5 rings (SSSR count). The summed E-state index contributed by atoms with van der Waals surface area (Å²) >= 11 is 0. The second-order valence-electron chi connectivity index (χ2n) is 8.41. The number of nitrogens with zero attached hydrogens (tertiary/aromatic N) is 4. The summed E-state index contributed by atoms with van der Waals surface area (Å²) in [5.41, 5.74) is 3.23. The van der Waals surface area contributed by atoms with Crippen LogP contribution in [0.5, 0.6) is 0 Å². The standard InChI is InChI=1S/C26H25N5O3S/c32-26(28-22-10-12-23(13-11-22)35(33,34)31-15-4-5-16-31)24-19-30(18-20-7-2-1-3-8-20)29-25(24)21-9-6-14-27-17-21/h1-3,6-14,17,19H,4-5,15-16,18H2,(H,28,32). The molecule has 3 heterocycles. The zero-order chi connectivity index (χ0) is 24.3. The average Bonchev–Trinajstić information content (AvgIpc) is 3.57. The molecule has 1 aliphatic rings. The largest absolute Gasteiger partial charge is 0.322 e. The zero-order valence-corrected chi connectivity index (χ0v) is 19.9. The Morgan fingerprint density at radius 2 is 1.69 bits per heavy atom. The van der Waals surface area contributed by atoms with Crippen molar-refractivity contribution >= 4 is 21.6 Å². The molecule has 2 aromatic carbocycles. The van der Waals surface area contributed by atoms with Crippen LogP contribution in [-0.2, 0) is 16.6 Å². The number of pyridine rings is 1. The summed E-state index contributed by atoms with van der Waals surface area (Å²) in [7, 11) is -3.50. The molecule has 1 amide bonds. The zero-order valence-electron chi connectivity index (χ0n) is 19.0. The van der Waals surface area contributed by atoms with E-state index in [0.717, 1.165) is 24.0 Å². The molecule has 0 unspecified atom stereocenters. The minimum Gasteiger partial charge on any atom is -0.322 e. The Morgan fingerprint density at radius 3 is 2.37 bits per heavy atom. The third-order valence-corrected chi connectivity index (χ3v) is 7.86. The monoisotopic (exact) mass is 487 g/mol. The lowest BCUT2D eigenvalue weighted by molar-refractivity contribution is 0.102. The van der Waals surface area contributed by atoms with Gasteiger partial charge in [-0.05, 0) is 54.8 Å². The first-order valence-electron chi connectivity index (χ1n) is 11.4. The summed E-state index contributed by atoms with van der Waals surface area (Å²) in [5.74, 6) is -0.335. The lowest BCUT2D eigenvalue weighted by Gasteiger charge is -2.15. The second kappa shape index (κ2) is 9.81. The van der Waals surface area contributed by atoms with Crippen LogP contribution in [-0.4, -0.2) is 46.5 Å². The van der Waals surface area contributed by atoms with Gasteiger partial charge in [-0.3, -0.25) is 14.5 Å². The van der Waals surface area contributed by atoms with Gasteiger partial charge in [0.25, 0.3) is 5.91 Å². The number of carbonyl (C=O) groups excluding carboxylic acids is 1. The number of sulfonamides is 1. The Kier molecular flexibility index (Phi) is 6.43. The van der Waals surface area contributed by atoms with Crippen molar-refractivity contribution < 1.29 is 13.2 Å². The number of amides is 1. The predicted octanol–water partition coefficient (Wildman–Crippen LogP) is 4.03. The van der Waals surface area contributed by atoms with E-state index in [1.807, 2.05) is 36.4 Å². The van der Waals surface area contributed by atoms with Crippen molar-refractivity contribution in [1.29, 1.82) is 0 Å². The molecule has 0 atom stereocenters. The molecule has 1 fully saturated rings. The smallest absolute Gasteiger partial charge is 0.259 e. The van der Waals surface area contributed by atoms with Gasteiger partial charge < -0.3 is 5.32 Å². The van der Waals surface area contributed by atoms with Crippen molar-refractivity contribution in [3.63, 3.8) is 0 Å². The van der Waals surface area contributed by atoms with Gasteiger partial charge in [0.2, 0.25) is 10.0 Å². The molecule has 0 aliphatic carbocycles. The third kappa shape index (κ3) is 5.01. The third-order valence-electron chi connectivity index (χ3n) is 5.94. The number of benzene rings is 2. The molecule has 0 spiro atoms. The fourth-order valence-electron chi connectivity index (χ4n) is 4.14. The van der Waals surface area contributed by atoms with Gasteiger partial charge in [-0.15, -0.1) is 0 Å². The van der Waals surface area contributed by atoms with Crippen molar-refractivity contribution in [3.8, 4) is 11.3 Å². The molecule has 35 heavy (non-hydrogen) atoms. The number of aromatic nitrogens is 3. The number of anilines is 1. The minimum absolute atomic E-state index is 0.226. The second-order valence-corrected chi connectivity index (χ2v) is 10.3. The molecule has 1 N–H and O–H groups in total.